The third-order valence-electron chi connectivity index (χ3n) is 4.17. The Morgan fingerprint density at radius 3 is 2.54 bits per heavy atom. The zero-order valence-electron chi connectivity index (χ0n) is 13.6. The van der Waals surface area contributed by atoms with E-state index in [2.05, 4.69) is 4.98 Å². The van der Waals surface area contributed by atoms with E-state index in [1.807, 2.05) is 0 Å². The summed E-state index contributed by atoms with van der Waals surface area (Å²) in [6, 6.07) is 7.36. The number of fused-ring (bicyclic) bond motifs is 1. The number of rotatable bonds is 4. The highest BCUT2D eigenvalue weighted by molar-refractivity contribution is 6.31. The van der Waals surface area contributed by atoms with Crippen molar-refractivity contribution in [2.24, 2.45) is 0 Å². The fourth-order valence-electron chi connectivity index (χ4n) is 2.69. The van der Waals surface area contributed by atoms with Crippen molar-refractivity contribution < 1.29 is 27.1 Å². The lowest BCUT2D eigenvalue weighted by molar-refractivity contribution is -0.140. The Morgan fingerprint density at radius 1 is 1.15 bits per heavy atom. The largest absolute Gasteiger partial charge is 0.438 e. The summed E-state index contributed by atoms with van der Waals surface area (Å²) in [7, 11) is 0. The van der Waals surface area contributed by atoms with Gasteiger partial charge < -0.3 is 9.52 Å². The lowest BCUT2D eigenvalue weighted by atomic mass is 9.91. The van der Waals surface area contributed by atoms with Gasteiger partial charge in [0.2, 0.25) is 5.89 Å². The highest BCUT2D eigenvalue weighted by Gasteiger charge is 2.37. The molecule has 1 aromatic heterocycles. The zero-order chi connectivity index (χ0) is 19.1. The molecule has 1 unspecified atom stereocenters. The molecule has 2 aromatic carbocycles. The molecule has 0 spiro atoms. The van der Waals surface area contributed by atoms with Crippen LogP contribution in [-0.4, -0.2) is 10.1 Å². The maximum Gasteiger partial charge on any atom is 0.419 e. The van der Waals surface area contributed by atoms with Crippen LogP contribution >= 0.6 is 11.6 Å². The fraction of sp³-hybridized carbons (Fsp3) is 0.278. The second kappa shape index (κ2) is 6.55. The van der Waals surface area contributed by atoms with Crippen LogP contribution in [0.2, 0.25) is 5.02 Å². The lowest BCUT2D eigenvalue weighted by Crippen LogP contribution is -2.28. The Morgan fingerprint density at radius 2 is 1.88 bits per heavy atom. The summed E-state index contributed by atoms with van der Waals surface area (Å²) in [4.78, 5) is 4.20. The number of benzene rings is 2. The first-order valence-corrected chi connectivity index (χ1v) is 8.15. The maximum atomic E-state index is 13.5. The summed E-state index contributed by atoms with van der Waals surface area (Å²) in [6.45, 7) is 1.65. The minimum absolute atomic E-state index is 0.0323. The van der Waals surface area contributed by atoms with Gasteiger partial charge in [0.25, 0.3) is 0 Å². The Labute approximate surface area is 151 Å². The second-order valence-corrected chi connectivity index (χ2v) is 6.44. The quantitative estimate of drug-likeness (QED) is 0.603. The van der Waals surface area contributed by atoms with Crippen molar-refractivity contribution in [2.45, 2.75) is 31.5 Å². The third kappa shape index (κ3) is 3.54. The van der Waals surface area contributed by atoms with E-state index in [1.165, 1.54) is 6.07 Å². The molecular weight excluding hydrogens is 374 g/mol. The van der Waals surface area contributed by atoms with E-state index in [1.54, 1.807) is 25.1 Å². The molecule has 1 N–H and O–H groups in total. The maximum absolute atomic E-state index is 13.5. The van der Waals surface area contributed by atoms with E-state index < -0.39 is 23.2 Å². The van der Waals surface area contributed by atoms with Crippen molar-refractivity contribution in [3.63, 3.8) is 0 Å². The molecule has 138 valence electrons. The molecule has 1 atom stereocenters. The van der Waals surface area contributed by atoms with Gasteiger partial charge in [0, 0.05) is 11.4 Å². The normalized spacial score (nSPS) is 14.6. The predicted molar refractivity (Wildman–Crippen MR) is 88.3 cm³/mol. The van der Waals surface area contributed by atoms with Crippen LogP contribution in [0.15, 0.2) is 40.8 Å². The Hall–Kier alpha value is -2.12. The minimum atomic E-state index is -4.82. The topological polar surface area (TPSA) is 46.3 Å². The average Bonchev–Trinajstić information content (AvgIpc) is 2.99. The summed E-state index contributed by atoms with van der Waals surface area (Å²) in [6.07, 6.45) is -4.90. The van der Waals surface area contributed by atoms with Crippen LogP contribution in [0.1, 0.15) is 30.4 Å². The minimum Gasteiger partial charge on any atom is -0.438 e. The first kappa shape index (κ1) is 18.7. The van der Waals surface area contributed by atoms with Crippen LogP contribution in [0.25, 0.3) is 11.1 Å². The number of alkyl halides is 3. The molecule has 0 fully saturated rings. The molecule has 0 bridgehead atoms. The van der Waals surface area contributed by atoms with Crippen molar-refractivity contribution in [1.82, 2.24) is 4.98 Å². The van der Waals surface area contributed by atoms with Crippen molar-refractivity contribution >= 4 is 22.7 Å². The highest BCUT2D eigenvalue weighted by Crippen LogP contribution is 2.35. The van der Waals surface area contributed by atoms with Gasteiger partial charge in [-0.05, 0) is 42.3 Å². The highest BCUT2D eigenvalue weighted by atomic mass is 35.5. The van der Waals surface area contributed by atoms with Gasteiger partial charge in [0.05, 0.1) is 5.56 Å². The van der Waals surface area contributed by atoms with E-state index >= 15 is 0 Å². The van der Waals surface area contributed by atoms with Crippen molar-refractivity contribution in [3.05, 3.63) is 64.3 Å². The SMILES string of the molecule is CCC(O)(Cc1ccc(F)c(C(F)(F)F)c1)c1nc2cc(Cl)ccc2o1. The second-order valence-electron chi connectivity index (χ2n) is 6.00. The van der Waals surface area contributed by atoms with Crippen LogP contribution in [0.5, 0.6) is 0 Å². The first-order valence-electron chi connectivity index (χ1n) is 7.77. The molecule has 0 saturated heterocycles. The number of nitrogens with zero attached hydrogens (tertiary/aromatic N) is 1. The summed E-state index contributed by atoms with van der Waals surface area (Å²) in [5.41, 5.74) is -2.09. The van der Waals surface area contributed by atoms with E-state index in [4.69, 9.17) is 16.0 Å². The van der Waals surface area contributed by atoms with Gasteiger partial charge in [-0.1, -0.05) is 24.6 Å². The fourth-order valence-corrected chi connectivity index (χ4v) is 2.86. The molecule has 0 radical (unpaired) electrons. The predicted octanol–water partition coefficient (Wildman–Crippen LogP) is 5.48. The number of halogens is 5. The molecular formula is C18H14ClF4NO2. The number of aromatic nitrogens is 1. The van der Waals surface area contributed by atoms with Crippen molar-refractivity contribution in [3.8, 4) is 0 Å². The molecule has 3 aromatic rings. The number of hydrogen-bond acceptors (Lipinski definition) is 3. The lowest BCUT2D eigenvalue weighted by Gasteiger charge is -2.23. The molecule has 8 heteroatoms. The van der Waals surface area contributed by atoms with E-state index in [9.17, 15) is 22.7 Å². The summed E-state index contributed by atoms with van der Waals surface area (Å²) in [5.74, 6) is -1.40. The molecule has 0 aliphatic heterocycles. The van der Waals surface area contributed by atoms with Gasteiger partial charge in [0.1, 0.15) is 16.9 Å². The average molecular weight is 388 g/mol. The third-order valence-corrected chi connectivity index (χ3v) is 4.40. The van der Waals surface area contributed by atoms with Gasteiger partial charge in [-0.2, -0.15) is 13.2 Å². The number of aliphatic hydroxyl groups is 1. The van der Waals surface area contributed by atoms with Gasteiger partial charge in [-0.15, -0.1) is 0 Å². The van der Waals surface area contributed by atoms with Crippen LogP contribution in [-0.2, 0) is 18.2 Å². The molecule has 3 rings (SSSR count). The monoisotopic (exact) mass is 387 g/mol. The molecule has 1 heterocycles. The van der Waals surface area contributed by atoms with Gasteiger partial charge in [-0.25, -0.2) is 9.37 Å². The standard InChI is InChI=1S/C18H14ClF4NO2/c1-2-17(25,16-24-14-8-11(19)4-6-15(14)26-16)9-10-3-5-13(20)12(7-10)18(21,22)23/h3-8,25H,2,9H2,1H3. The van der Waals surface area contributed by atoms with E-state index in [0.29, 0.717) is 22.2 Å². The van der Waals surface area contributed by atoms with Gasteiger partial charge >= 0.3 is 6.18 Å². The Kier molecular flexibility index (Phi) is 4.71. The summed E-state index contributed by atoms with van der Waals surface area (Å²) in [5, 5.41) is 11.3. The van der Waals surface area contributed by atoms with E-state index in [0.717, 1.165) is 6.07 Å². The Bertz CT molecular complexity index is 954. The molecule has 0 saturated carbocycles. The van der Waals surface area contributed by atoms with Gasteiger partial charge in [-0.3, -0.25) is 0 Å². The molecule has 0 aliphatic rings. The molecule has 0 amide bonds. The zero-order valence-corrected chi connectivity index (χ0v) is 14.3. The van der Waals surface area contributed by atoms with Gasteiger partial charge in [0.15, 0.2) is 5.58 Å². The molecule has 0 aliphatic carbocycles. The molecule has 3 nitrogen and oxygen atoms in total. The number of hydrogen-bond donors (Lipinski definition) is 1. The van der Waals surface area contributed by atoms with Crippen LogP contribution < -0.4 is 0 Å². The summed E-state index contributed by atoms with van der Waals surface area (Å²) < 4.78 is 57.7. The first-order chi connectivity index (χ1) is 12.1. The summed E-state index contributed by atoms with van der Waals surface area (Å²) >= 11 is 5.89. The van der Waals surface area contributed by atoms with Crippen LogP contribution in [0.3, 0.4) is 0 Å². The molecule has 26 heavy (non-hydrogen) atoms. The van der Waals surface area contributed by atoms with Crippen molar-refractivity contribution in [2.75, 3.05) is 0 Å². The van der Waals surface area contributed by atoms with Crippen LogP contribution in [0.4, 0.5) is 17.6 Å². The Balaban J connectivity index is 1.99. The van der Waals surface area contributed by atoms with Crippen molar-refractivity contribution in [1.29, 1.82) is 0 Å². The smallest absolute Gasteiger partial charge is 0.419 e. The van der Waals surface area contributed by atoms with E-state index in [-0.39, 0.29) is 24.3 Å². The van der Waals surface area contributed by atoms with Crippen LogP contribution in [0, 0.1) is 5.82 Å². The number of oxazole rings is 1.